The highest BCUT2D eigenvalue weighted by atomic mass is 32.2. The molecule has 0 aliphatic carbocycles. The zero-order chi connectivity index (χ0) is 23.1. The van der Waals surface area contributed by atoms with E-state index in [9.17, 15) is 13.2 Å². The second kappa shape index (κ2) is 10.6. The fourth-order valence-electron chi connectivity index (χ4n) is 3.68. The number of aryl methyl sites for hydroxylation is 1. The van der Waals surface area contributed by atoms with Crippen LogP contribution in [0, 0.1) is 0 Å². The molecule has 2 aromatic carbocycles. The molecule has 0 aliphatic rings. The van der Waals surface area contributed by atoms with E-state index in [0.717, 1.165) is 34.9 Å². The van der Waals surface area contributed by atoms with Gasteiger partial charge >= 0.3 is 0 Å². The van der Waals surface area contributed by atoms with Gasteiger partial charge in [-0.3, -0.25) is 19.0 Å². The normalized spacial score (nSPS) is 11.6. The average Bonchev–Trinajstić information content (AvgIpc) is 3.18. The Morgan fingerprint density at radius 1 is 1.06 bits per heavy atom. The van der Waals surface area contributed by atoms with Crippen molar-refractivity contribution in [1.82, 2.24) is 15.3 Å². The molecule has 0 radical (unpaired) electrons. The number of nitrogens with one attached hydrogen (secondary N) is 1. The van der Waals surface area contributed by atoms with Gasteiger partial charge in [-0.2, -0.15) is 5.10 Å². The molecule has 0 unspecified atom stereocenters. The Hall–Kier alpha value is -2.91. The molecule has 0 saturated heterocycles. The molecule has 9 heteroatoms. The number of fused-ring (bicyclic) bond motifs is 1. The number of benzene rings is 2. The highest BCUT2D eigenvalue weighted by Crippen LogP contribution is 2.27. The first-order valence-corrected chi connectivity index (χ1v) is 12.4. The summed E-state index contributed by atoms with van der Waals surface area (Å²) in [6, 6.07) is 13.7. The third kappa shape index (κ3) is 5.66. The third-order valence-corrected chi connectivity index (χ3v) is 7.37. The number of rotatable bonds is 11. The summed E-state index contributed by atoms with van der Waals surface area (Å²) >= 11 is 0. The maximum atomic E-state index is 12.7. The van der Waals surface area contributed by atoms with Gasteiger partial charge in [-0.25, -0.2) is 13.9 Å². The molecule has 0 spiro atoms. The van der Waals surface area contributed by atoms with Crippen LogP contribution in [0.1, 0.15) is 39.0 Å². The Morgan fingerprint density at radius 2 is 1.75 bits per heavy atom. The van der Waals surface area contributed by atoms with Crippen LogP contribution in [0.3, 0.4) is 0 Å². The van der Waals surface area contributed by atoms with E-state index in [1.165, 1.54) is 4.31 Å². The van der Waals surface area contributed by atoms with E-state index in [2.05, 4.69) is 11.2 Å². The summed E-state index contributed by atoms with van der Waals surface area (Å²) in [5, 5.41) is 13.9. The summed E-state index contributed by atoms with van der Waals surface area (Å²) in [6.07, 6.45) is 5.04. The summed E-state index contributed by atoms with van der Waals surface area (Å²) in [5.74, 6) is -0.370. The van der Waals surface area contributed by atoms with E-state index in [4.69, 9.17) is 5.21 Å². The van der Waals surface area contributed by atoms with Crippen LogP contribution in [-0.4, -0.2) is 41.6 Å². The Balaban J connectivity index is 1.69. The Kier molecular flexibility index (Phi) is 7.87. The van der Waals surface area contributed by atoms with Crippen LogP contribution in [0.5, 0.6) is 0 Å². The van der Waals surface area contributed by atoms with E-state index in [-0.39, 0.29) is 12.2 Å². The SMILES string of the molecule is CCS(=O)(=O)N(CCCCCCC(=O)NO)c1ccc(-c2ccc3cnn(C)c3c2)cc1. The van der Waals surface area contributed by atoms with Gasteiger partial charge in [-0.05, 0) is 49.1 Å². The van der Waals surface area contributed by atoms with E-state index in [1.54, 1.807) is 12.4 Å². The van der Waals surface area contributed by atoms with Gasteiger partial charge in [0.15, 0.2) is 0 Å². The number of unbranched alkanes of at least 4 members (excludes halogenated alkanes) is 3. The number of hydroxylamine groups is 1. The second-order valence-corrected chi connectivity index (χ2v) is 9.94. The first-order chi connectivity index (χ1) is 15.4. The topological polar surface area (TPSA) is 105 Å². The first-order valence-electron chi connectivity index (χ1n) is 10.8. The van der Waals surface area contributed by atoms with Crippen LogP contribution in [-0.2, 0) is 21.9 Å². The number of hydrogen-bond acceptors (Lipinski definition) is 5. The van der Waals surface area contributed by atoms with Crippen molar-refractivity contribution in [1.29, 1.82) is 0 Å². The average molecular weight is 459 g/mol. The van der Waals surface area contributed by atoms with Crippen molar-refractivity contribution in [2.45, 2.75) is 39.0 Å². The fourth-order valence-corrected chi connectivity index (χ4v) is 4.84. The molecule has 2 N–H and O–H groups in total. The molecular formula is C23H30N4O4S. The van der Waals surface area contributed by atoms with Crippen LogP contribution in [0.2, 0.25) is 0 Å². The third-order valence-electron chi connectivity index (χ3n) is 5.58. The summed E-state index contributed by atoms with van der Waals surface area (Å²) in [6.45, 7) is 2.04. The first kappa shape index (κ1) is 23.7. The van der Waals surface area contributed by atoms with Gasteiger partial charge in [0.05, 0.1) is 23.2 Å². The number of amides is 1. The Bertz CT molecular complexity index is 1160. The maximum Gasteiger partial charge on any atom is 0.243 e. The molecule has 0 aliphatic heterocycles. The standard InChI is InChI=1S/C23H30N4O4S/c1-3-32(30,31)27(15-7-5-4-6-8-23(28)25-29)21-13-11-18(12-14-21)19-9-10-20-17-24-26(2)22(20)16-19/h9-14,16-17,29H,3-8,15H2,1-2H3,(H,25,28). The summed E-state index contributed by atoms with van der Waals surface area (Å²) in [4.78, 5) is 11.1. The minimum Gasteiger partial charge on any atom is -0.289 e. The lowest BCUT2D eigenvalue weighted by molar-refractivity contribution is -0.129. The molecule has 1 amide bonds. The lowest BCUT2D eigenvalue weighted by Crippen LogP contribution is -2.33. The molecule has 1 aromatic heterocycles. The summed E-state index contributed by atoms with van der Waals surface area (Å²) in [7, 11) is -1.50. The minimum atomic E-state index is -3.40. The number of aromatic nitrogens is 2. The van der Waals surface area contributed by atoms with E-state index < -0.39 is 15.9 Å². The molecule has 0 bridgehead atoms. The number of anilines is 1. The minimum absolute atomic E-state index is 0.0303. The number of nitrogens with zero attached hydrogens (tertiary/aromatic N) is 3. The van der Waals surface area contributed by atoms with E-state index >= 15 is 0 Å². The molecule has 32 heavy (non-hydrogen) atoms. The van der Waals surface area contributed by atoms with Gasteiger partial charge in [0.25, 0.3) is 0 Å². The molecule has 3 aromatic rings. The second-order valence-electron chi connectivity index (χ2n) is 7.76. The van der Waals surface area contributed by atoms with Gasteiger partial charge in [0.1, 0.15) is 0 Å². The van der Waals surface area contributed by atoms with E-state index in [0.29, 0.717) is 25.1 Å². The van der Waals surface area contributed by atoms with Gasteiger partial charge in [0.2, 0.25) is 15.9 Å². The molecular weight excluding hydrogens is 428 g/mol. The molecule has 1 heterocycles. The van der Waals surface area contributed by atoms with Crippen molar-refractivity contribution < 1.29 is 18.4 Å². The van der Waals surface area contributed by atoms with Gasteiger partial charge in [-0.1, -0.05) is 37.1 Å². The van der Waals surface area contributed by atoms with Crippen LogP contribution < -0.4 is 9.79 Å². The number of hydrogen-bond donors (Lipinski definition) is 2. The zero-order valence-electron chi connectivity index (χ0n) is 18.5. The van der Waals surface area contributed by atoms with Crippen molar-refractivity contribution in [2.24, 2.45) is 7.05 Å². The molecule has 0 fully saturated rings. The molecule has 172 valence electrons. The van der Waals surface area contributed by atoms with Crippen molar-refractivity contribution in [3.8, 4) is 11.1 Å². The Morgan fingerprint density at radius 3 is 2.44 bits per heavy atom. The van der Waals surface area contributed by atoms with Crippen LogP contribution in [0.15, 0.2) is 48.7 Å². The maximum absolute atomic E-state index is 12.7. The van der Waals surface area contributed by atoms with Crippen molar-refractivity contribution >= 4 is 32.5 Å². The van der Waals surface area contributed by atoms with Crippen LogP contribution in [0.25, 0.3) is 22.0 Å². The lowest BCUT2D eigenvalue weighted by atomic mass is 10.0. The van der Waals surface area contributed by atoms with Crippen molar-refractivity contribution in [3.05, 3.63) is 48.7 Å². The largest absolute Gasteiger partial charge is 0.289 e. The lowest BCUT2D eigenvalue weighted by Gasteiger charge is -2.24. The van der Waals surface area contributed by atoms with Crippen LogP contribution in [0.4, 0.5) is 5.69 Å². The summed E-state index contributed by atoms with van der Waals surface area (Å²) in [5.41, 5.74) is 5.36. The van der Waals surface area contributed by atoms with E-state index in [1.807, 2.05) is 54.3 Å². The predicted molar refractivity (Wildman–Crippen MR) is 126 cm³/mol. The quantitative estimate of drug-likeness (QED) is 0.258. The highest BCUT2D eigenvalue weighted by Gasteiger charge is 2.20. The predicted octanol–water partition coefficient (Wildman–Crippen LogP) is 3.85. The molecule has 3 rings (SSSR count). The molecule has 0 atom stereocenters. The van der Waals surface area contributed by atoms with Gasteiger partial charge in [-0.15, -0.1) is 0 Å². The Labute approximate surface area is 188 Å². The smallest absolute Gasteiger partial charge is 0.243 e. The van der Waals surface area contributed by atoms with Gasteiger partial charge < -0.3 is 0 Å². The highest BCUT2D eigenvalue weighted by molar-refractivity contribution is 7.92. The number of sulfonamides is 1. The molecule has 8 nitrogen and oxygen atoms in total. The van der Waals surface area contributed by atoms with Gasteiger partial charge in [0, 0.05) is 25.4 Å². The molecule has 0 saturated carbocycles. The van der Waals surface area contributed by atoms with Crippen molar-refractivity contribution in [3.63, 3.8) is 0 Å². The number of carbonyl (C=O) groups is 1. The monoisotopic (exact) mass is 458 g/mol. The van der Waals surface area contributed by atoms with Crippen molar-refractivity contribution in [2.75, 3.05) is 16.6 Å². The zero-order valence-corrected chi connectivity index (χ0v) is 19.3. The fraction of sp³-hybridized carbons (Fsp3) is 0.391. The number of carbonyl (C=O) groups excluding carboxylic acids is 1. The van der Waals surface area contributed by atoms with Crippen LogP contribution >= 0.6 is 0 Å². The summed E-state index contributed by atoms with van der Waals surface area (Å²) < 4.78 is 28.7.